The molecule has 64 valence electrons. The van der Waals surface area contributed by atoms with Crippen molar-refractivity contribution >= 4 is 5.91 Å². The van der Waals surface area contributed by atoms with Gasteiger partial charge in [-0.15, -0.1) is 0 Å². The number of aryl methyl sites for hydroxylation is 1. The number of amides is 1. The van der Waals surface area contributed by atoms with Crippen molar-refractivity contribution in [1.82, 2.24) is 15.2 Å². The molecule has 1 amide bonds. The van der Waals surface area contributed by atoms with Crippen LogP contribution in [-0.2, 0) is 7.05 Å². The largest absolute Gasteiger partial charge is 0.289 e. The summed E-state index contributed by atoms with van der Waals surface area (Å²) in [6.45, 7) is 0. The summed E-state index contributed by atoms with van der Waals surface area (Å²) in [5, 5.41) is 3.66. The summed E-state index contributed by atoms with van der Waals surface area (Å²) in [6, 6.07) is 1.25. The first-order valence-electron chi connectivity index (χ1n) is 3.20. The first-order valence-corrected chi connectivity index (χ1v) is 3.20. The van der Waals surface area contributed by atoms with Crippen molar-refractivity contribution < 1.29 is 4.79 Å². The van der Waals surface area contributed by atoms with Gasteiger partial charge in [0.1, 0.15) is 0 Å². The molecule has 12 heavy (non-hydrogen) atoms. The van der Waals surface area contributed by atoms with E-state index in [4.69, 9.17) is 5.84 Å². The van der Waals surface area contributed by atoms with Gasteiger partial charge >= 0.3 is 0 Å². The number of nitrogens with two attached hydrogens (primary N) is 1. The molecular weight excluding hydrogens is 160 g/mol. The standard InChI is InChI=1S/C6H8N4O2/c1-10-3-2-4(11)5(9-10)6(12)8-7/h2-3H,7H2,1H3,(H,8,12). The fraction of sp³-hybridized carbons (Fsp3) is 0.167. The lowest BCUT2D eigenvalue weighted by molar-refractivity contribution is 0.0945. The fourth-order valence-electron chi connectivity index (χ4n) is 0.721. The van der Waals surface area contributed by atoms with E-state index in [9.17, 15) is 9.59 Å². The van der Waals surface area contributed by atoms with Crippen LogP contribution in [0.15, 0.2) is 17.1 Å². The summed E-state index contributed by atoms with van der Waals surface area (Å²) in [5.41, 5.74) is 1.18. The third-order valence-electron chi connectivity index (χ3n) is 1.28. The van der Waals surface area contributed by atoms with Crippen molar-refractivity contribution in [1.29, 1.82) is 0 Å². The van der Waals surface area contributed by atoms with Crippen molar-refractivity contribution in [2.45, 2.75) is 0 Å². The fourth-order valence-corrected chi connectivity index (χ4v) is 0.721. The van der Waals surface area contributed by atoms with E-state index in [2.05, 4.69) is 5.10 Å². The average molecular weight is 168 g/mol. The molecule has 0 spiro atoms. The lowest BCUT2D eigenvalue weighted by atomic mass is 10.3. The third kappa shape index (κ3) is 1.48. The molecule has 0 atom stereocenters. The number of hydrogen-bond acceptors (Lipinski definition) is 4. The average Bonchev–Trinajstić information content (AvgIpc) is 2.08. The topological polar surface area (TPSA) is 90.0 Å². The molecule has 0 saturated heterocycles. The van der Waals surface area contributed by atoms with Gasteiger partial charge in [-0.2, -0.15) is 5.10 Å². The Morgan fingerprint density at radius 3 is 3.00 bits per heavy atom. The normalized spacial score (nSPS) is 9.50. The predicted octanol–water partition coefficient (Wildman–Crippen LogP) is -1.62. The highest BCUT2D eigenvalue weighted by atomic mass is 16.2. The molecule has 0 aliphatic heterocycles. The highest BCUT2D eigenvalue weighted by Crippen LogP contribution is 1.82. The number of rotatable bonds is 1. The Morgan fingerprint density at radius 1 is 1.75 bits per heavy atom. The van der Waals surface area contributed by atoms with Gasteiger partial charge in [0.05, 0.1) is 0 Å². The minimum Gasteiger partial charge on any atom is -0.289 e. The zero-order valence-electron chi connectivity index (χ0n) is 6.44. The van der Waals surface area contributed by atoms with Crippen LogP contribution in [0.1, 0.15) is 10.5 Å². The summed E-state index contributed by atoms with van der Waals surface area (Å²) >= 11 is 0. The molecule has 1 aromatic rings. The van der Waals surface area contributed by atoms with Crippen LogP contribution in [0.25, 0.3) is 0 Å². The van der Waals surface area contributed by atoms with E-state index in [1.165, 1.54) is 16.9 Å². The molecule has 0 aromatic carbocycles. The molecule has 0 bridgehead atoms. The Labute approximate surface area is 68.0 Å². The Kier molecular flexibility index (Phi) is 2.20. The Hall–Kier alpha value is -1.69. The van der Waals surface area contributed by atoms with Gasteiger partial charge in [0, 0.05) is 19.3 Å². The minimum atomic E-state index is -0.684. The molecule has 0 unspecified atom stereocenters. The Balaban J connectivity index is 3.23. The number of hydrogen-bond donors (Lipinski definition) is 2. The van der Waals surface area contributed by atoms with Gasteiger partial charge in [-0.05, 0) is 0 Å². The van der Waals surface area contributed by atoms with Crippen LogP contribution >= 0.6 is 0 Å². The smallest absolute Gasteiger partial charge is 0.289 e. The monoisotopic (exact) mass is 168 g/mol. The first-order chi connectivity index (χ1) is 5.65. The molecule has 0 aliphatic rings. The van der Waals surface area contributed by atoms with E-state index < -0.39 is 11.3 Å². The second kappa shape index (κ2) is 3.14. The van der Waals surface area contributed by atoms with Crippen molar-refractivity contribution in [2.24, 2.45) is 12.9 Å². The highest BCUT2D eigenvalue weighted by molar-refractivity contribution is 5.91. The lowest BCUT2D eigenvalue weighted by Gasteiger charge is -1.99. The molecule has 6 nitrogen and oxygen atoms in total. The van der Waals surface area contributed by atoms with Crippen molar-refractivity contribution in [3.63, 3.8) is 0 Å². The van der Waals surface area contributed by atoms with Gasteiger partial charge in [0.15, 0.2) is 5.69 Å². The van der Waals surface area contributed by atoms with E-state index in [-0.39, 0.29) is 5.69 Å². The summed E-state index contributed by atoms with van der Waals surface area (Å²) in [4.78, 5) is 21.9. The summed E-state index contributed by atoms with van der Waals surface area (Å²) in [6.07, 6.45) is 1.45. The number of carbonyl (C=O) groups is 1. The molecular formula is C6H8N4O2. The molecule has 1 heterocycles. The van der Waals surface area contributed by atoms with E-state index >= 15 is 0 Å². The molecule has 0 fully saturated rings. The summed E-state index contributed by atoms with van der Waals surface area (Å²) in [7, 11) is 1.60. The van der Waals surface area contributed by atoms with Gasteiger partial charge in [-0.1, -0.05) is 0 Å². The molecule has 0 radical (unpaired) electrons. The molecule has 3 N–H and O–H groups in total. The maximum absolute atomic E-state index is 11.0. The minimum absolute atomic E-state index is 0.206. The predicted molar refractivity (Wildman–Crippen MR) is 41.1 cm³/mol. The number of nitrogens with zero attached hydrogens (tertiary/aromatic N) is 2. The van der Waals surface area contributed by atoms with Crippen LogP contribution in [-0.4, -0.2) is 15.7 Å². The maximum atomic E-state index is 11.0. The molecule has 1 aromatic heterocycles. The quantitative estimate of drug-likeness (QED) is 0.299. The van der Waals surface area contributed by atoms with Crippen LogP contribution in [0.5, 0.6) is 0 Å². The van der Waals surface area contributed by atoms with Gasteiger partial charge < -0.3 is 0 Å². The van der Waals surface area contributed by atoms with Gasteiger partial charge in [-0.25, -0.2) is 5.84 Å². The van der Waals surface area contributed by atoms with Gasteiger partial charge in [0.25, 0.3) is 5.91 Å². The van der Waals surface area contributed by atoms with Crippen LogP contribution in [0, 0.1) is 0 Å². The van der Waals surface area contributed by atoms with E-state index in [0.29, 0.717) is 0 Å². The van der Waals surface area contributed by atoms with E-state index in [0.717, 1.165) is 0 Å². The van der Waals surface area contributed by atoms with Crippen LogP contribution in [0.2, 0.25) is 0 Å². The maximum Gasteiger partial charge on any atom is 0.289 e. The van der Waals surface area contributed by atoms with Crippen LogP contribution in [0.4, 0.5) is 0 Å². The third-order valence-corrected chi connectivity index (χ3v) is 1.28. The number of hydrazine groups is 1. The zero-order valence-corrected chi connectivity index (χ0v) is 6.44. The molecule has 6 heteroatoms. The summed E-state index contributed by atoms with van der Waals surface area (Å²) in [5.74, 6) is 4.15. The van der Waals surface area contributed by atoms with E-state index in [1.807, 2.05) is 5.43 Å². The number of nitrogens with one attached hydrogen (secondary N) is 1. The van der Waals surface area contributed by atoms with Crippen LogP contribution < -0.4 is 16.7 Å². The first kappa shape index (κ1) is 8.41. The van der Waals surface area contributed by atoms with Gasteiger partial charge in [-0.3, -0.25) is 19.7 Å². The highest BCUT2D eigenvalue weighted by Gasteiger charge is 2.09. The molecule has 0 aliphatic carbocycles. The second-order valence-electron chi connectivity index (χ2n) is 2.18. The number of carbonyl (C=O) groups excluding carboxylic acids is 1. The van der Waals surface area contributed by atoms with Crippen molar-refractivity contribution in [3.8, 4) is 0 Å². The van der Waals surface area contributed by atoms with E-state index in [1.54, 1.807) is 7.05 Å². The SMILES string of the molecule is Cn1ccc(=O)c(C(=O)NN)n1. The van der Waals surface area contributed by atoms with Crippen molar-refractivity contribution in [2.75, 3.05) is 0 Å². The number of aromatic nitrogens is 2. The zero-order chi connectivity index (χ0) is 9.14. The van der Waals surface area contributed by atoms with Crippen molar-refractivity contribution in [3.05, 3.63) is 28.2 Å². The molecule has 1 rings (SSSR count). The Morgan fingerprint density at radius 2 is 2.42 bits per heavy atom. The Bertz CT molecular complexity index is 357. The lowest BCUT2D eigenvalue weighted by Crippen LogP contribution is -2.35. The second-order valence-corrected chi connectivity index (χ2v) is 2.18. The van der Waals surface area contributed by atoms with Gasteiger partial charge in [0.2, 0.25) is 5.43 Å². The number of nitrogen functional groups attached to an aromatic ring is 1. The van der Waals surface area contributed by atoms with Crippen LogP contribution in [0.3, 0.4) is 0 Å². The molecule has 0 saturated carbocycles. The summed E-state index contributed by atoms with van der Waals surface area (Å²) < 4.78 is 1.35.